The molecule has 0 aromatic carbocycles. The number of nitrogens with zero attached hydrogens (tertiary/aromatic N) is 7. The van der Waals surface area contributed by atoms with Crippen LogP contribution in [0, 0.1) is 0 Å². The van der Waals surface area contributed by atoms with Gasteiger partial charge in [0.15, 0.2) is 0 Å². The molecule has 3 aliphatic rings. The summed E-state index contributed by atoms with van der Waals surface area (Å²) in [7, 11) is 1.83. The highest BCUT2D eigenvalue weighted by Gasteiger charge is 2.32. The van der Waals surface area contributed by atoms with Crippen molar-refractivity contribution in [3.05, 3.63) is 36.2 Å². The summed E-state index contributed by atoms with van der Waals surface area (Å²) in [6.45, 7) is 4.27. The van der Waals surface area contributed by atoms with E-state index in [0.717, 1.165) is 49.9 Å². The molecule has 0 spiro atoms. The van der Waals surface area contributed by atoms with Crippen LogP contribution in [-0.2, 0) is 6.54 Å². The zero-order valence-corrected chi connectivity index (χ0v) is 15.7. The Hall–Kier alpha value is -2.48. The average Bonchev–Trinajstić information content (AvgIpc) is 3.17. The smallest absolute Gasteiger partial charge is 0.324 e. The van der Waals surface area contributed by atoms with Gasteiger partial charge in [0.05, 0.1) is 23.6 Å². The van der Waals surface area contributed by atoms with E-state index in [4.69, 9.17) is 4.98 Å². The van der Waals surface area contributed by atoms with Gasteiger partial charge in [-0.05, 0) is 18.9 Å². The summed E-state index contributed by atoms with van der Waals surface area (Å²) in [5.74, 6) is 1.59. The molecule has 3 fully saturated rings. The minimum atomic E-state index is 0.0517. The lowest BCUT2D eigenvalue weighted by Gasteiger charge is -2.39. The third-order valence-corrected chi connectivity index (χ3v) is 6.02. The lowest BCUT2D eigenvalue weighted by Crippen LogP contribution is -2.47. The summed E-state index contributed by atoms with van der Waals surface area (Å²) in [5.41, 5.74) is 2.00. The van der Waals surface area contributed by atoms with Gasteiger partial charge in [0, 0.05) is 58.1 Å². The van der Waals surface area contributed by atoms with Gasteiger partial charge in [0.2, 0.25) is 0 Å². The van der Waals surface area contributed by atoms with Crippen LogP contribution in [0.25, 0.3) is 0 Å². The number of urea groups is 1. The van der Waals surface area contributed by atoms with Crippen LogP contribution in [0.2, 0.25) is 0 Å². The molecule has 1 saturated carbocycles. The van der Waals surface area contributed by atoms with E-state index in [0.29, 0.717) is 12.0 Å². The molecule has 4 heterocycles. The van der Waals surface area contributed by atoms with E-state index in [1.54, 1.807) is 16.0 Å². The lowest BCUT2D eigenvalue weighted by molar-refractivity contribution is 0.0894. The lowest BCUT2D eigenvalue weighted by atomic mass is 9.85. The molecule has 0 radical (unpaired) electrons. The van der Waals surface area contributed by atoms with Crippen molar-refractivity contribution >= 4 is 11.7 Å². The summed E-state index contributed by atoms with van der Waals surface area (Å²) in [6, 6.07) is 2.44. The molecule has 2 aromatic heterocycles. The van der Waals surface area contributed by atoms with Crippen LogP contribution in [0.5, 0.6) is 0 Å². The Morgan fingerprint density at radius 2 is 2.07 bits per heavy atom. The molecular formula is C19H25N7O. The molecule has 2 amide bonds. The molecule has 2 saturated heterocycles. The van der Waals surface area contributed by atoms with Crippen LogP contribution in [0.3, 0.4) is 0 Å². The summed E-state index contributed by atoms with van der Waals surface area (Å²) in [5, 5.41) is 4.49. The van der Waals surface area contributed by atoms with Crippen LogP contribution in [0.4, 0.5) is 10.5 Å². The molecule has 0 bridgehead atoms. The average molecular weight is 367 g/mol. The predicted octanol–water partition coefficient (Wildman–Crippen LogP) is 1.87. The molecule has 0 atom stereocenters. The molecular weight excluding hydrogens is 342 g/mol. The Bertz CT molecular complexity index is 840. The number of amides is 2. The van der Waals surface area contributed by atoms with Crippen molar-refractivity contribution in [1.29, 1.82) is 0 Å². The highest BCUT2D eigenvalue weighted by Crippen LogP contribution is 2.34. The van der Waals surface area contributed by atoms with E-state index in [1.807, 2.05) is 30.2 Å². The van der Waals surface area contributed by atoms with Gasteiger partial charge in [0.25, 0.3) is 0 Å². The molecule has 2 aliphatic heterocycles. The van der Waals surface area contributed by atoms with Gasteiger partial charge in [0.1, 0.15) is 5.82 Å². The number of likely N-dealkylation sites (N-methyl/N-ethyl adjacent to an activating group) is 1. The number of likely N-dealkylation sites (tertiary alicyclic amines) is 1. The van der Waals surface area contributed by atoms with Crippen molar-refractivity contribution in [3.63, 3.8) is 0 Å². The zero-order chi connectivity index (χ0) is 18.4. The third kappa shape index (κ3) is 3.07. The Balaban J connectivity index is 1.17. The fraction of sp³-hybridized carbons (Fsp3) is 0.579. The SMILES string of the molecule is CN1CCN(c2cnn(C3CN(Cc4ccnc(C5CCC5)n4)C3)c2)C1=O. The number of hydrogen-bond acceptors (Lipinski definition) is 5. The second-order valence-corrected chi connectivity index (χ2v) is 7.92. The number of hydrogen-bond donors (Lipinski definition) is 0. The van der Waals surface area contributed by atoms with E-state index in [-0.39, 0.29) is 6.03 Å². The summed E-state index contributed by atoms with van der Waals surface area (Å²) >= 11 is 0. The van der Waals surface area contributed by atoms with Crippen molar-refractivity contribution in [2.24, 2.45) is 0 Å². The maximum Gasteiger partial charge on any atom is 0.324 e. The maximum absolute atomic E-state index is 12.1. The summed E-state index contributed by atoms with van der Waals surface area (Å²) in [6.07, 6.45) is 9.46. The molecule has 8 nitrogen and oxygen atoms in total. The monoisotopic (exact) mass is 367 g/mol. The van der Waals surface area contributed by atoms with Crippen molar-refractivity contribution in [3.8, 4) is 0 Å². The number of anilines is 1. The molecule has 0 N–H and O–H groups in total. The van der Waals surface area contributed by atoms with Crippen LogP contribution >= 0.6 is 0 Å². The van der Waals surface area contributed by atoms with Crippen LogP contribution < -0.4 is 4.90 Å². The van der Waals surface area contributed by atoms with Crippen molar-refractivity contribution in [1.82, 2.24) is 29.5 Å². The van der Waals surface area contributed by atoms with E-state index >= 15 is 0 Å². The topological polar surface area (TPSA) is 70.4 Å². The first-order valence-electron chi connectivity index (χ1n) is 9.78. The molecule has 142 valence electrons. The zero-order valence-electron chi connectivity index (χ0n) is 15.7. The minimum absolute atomic E-state index is 0.0517. The fourth-order valence-electron chi connectivity index (χ4n) is 3.99. The molecule has 5 rings (SSSR count). The van der Waals surface area contributed by atoms with Gasteiger partial charge < -0.3 is 4.90 Å². The summed E-state index contributed by atoms with van der Waals surface area (Å²) in [4.78, 5) is 27.2. The molecule has 0 unspecified atom stereocenters. The number of aromatic nitrogens is 4. The van der Waals surface area contributed by atoms with Gasteiger partial charge in [-0.2, -0.15) is 5.10 Å². The van der Waals surface area contributed by atoms with Crippen molar-refractivity contribution < 1.29 is 4.79 Å². The largest absolute Gasteiger partial charge is 0.326 e. The van der Waals surface area contributed by atoms with Crippen molar-refractivity contribution in [2.45, 2.75) is 37.8 Å². The van der Waals surface area contributed by atoms with Crippen LogP contribution in [0.15, 0.2) is 24.7 Å². The normalized spacial score (nSPS) is 21.6. The summed E-state index contributed by atoms with van der Waals surface area (Å²) < 4.78 is 2.00. The van der Waals surface area contributed by atoms with Crippen molar-refractivity contribution in [2.75, 3.05) is 38.1 Å². The first-order chi connectivity index (χ1) is 13.2. The number of carbonyl (C=O) groups is 1. The maximum atomic E-state index is 12.1. The predicted molar refractivity (Wildman–Crippen MR) is 101 cm³/mol. The van der Waals surface area contributed by atoms with Crippen LogP contribution in [-0.4, -0.2) is 68.8 Å². The minimum Gasteiger partial charge on any atom is -0.326 e. The quantitative estimate of drug-likeness (QED) is 0.807. The highest BCUT2D eigenvalue weighted by atomic mass is 16.2. The van der Waals surface area contributed by atoms with Gasteiger partial charge in [-0.15, -0.1) is 0 Å². The number of carbonyl (C=O) groups excluding carboxylic acids is 1. The first kappa shape index (κ1) is 16.7. The Morgan fingerprint density at radius 3 is 2.78 bits per heavy atom. The van der Waals surface area contributed by atoms with Gasteiger partial charge in [-0.3, -0.25) is 14.5 Å². The van der Waals surface area contributed by atoms with Crippen LogP contribution in [0.1, 0.15) is 42.7 Å². The Morgan fingerprint density at radius 1 is 1.22 bits per heavy atom. The Labute approximate surface area is 158 Å². The van der Waals surface area contributed by atoms with E-state index < -0.39 is 0 Å². The number of rotatable bonds is 5. The fourth-order valence-corrected chi connectivity index (χ4v) is 3.99. The third-order valence-electron chi connectivity index (χ3n) is 6.02. The van der Waals surface area contributed by atoms with E-state index in [2.05, 4.69) is 15.0 Å². The van der Waals surface area contributed by atoms with E-state index in [1.165, 1.54) is 19.3 Å². The first-order valence-corrected chi connectivity index (χ1v) is 9.78. The molecule has 8 heteroatoms. The Kier molecular flexibility index (Phi) is 4.07. The molecule has 27 heavy (non-hydrogen) atoms. The van der Waals surface area contributed by atoms with Gasteiger partial charge in [-0.25, -0.2) is 14.8 Å². The van der Waals surface area contributed by atoms with Gasteiger partial charge >= 0.3 is 6.03 Å². The van der Waals surface area contributed by atoms with E-state index in [9.17, 15) is 4.79 Å². The standard InChI is InChI=1S/C19H25N7O/c1-23-7-8-25(19(23)27)16-9-21-26(13-16)17-11-24(12-17)10-15-5-6-20-18(22-15)14-3-2-4-14/h5-6,9,13-14,17H,2-4,7-8,10-12H2,1H3. The molecule has 2 aromatic rings. The second kappa shape index (κ2) is 6.60. The van der Waals surface area contributed by atoms with Gasteiger partial charge in [-0.1, -0.05) is 6.42 Å². The molecule has 1 aliphatic carbocycles. The second-order valence-electron chi connectivity index (χ2n) is 7.92. The highest BCUT2D eigenvalue weighted by molar-refractivity contribution is 5.93.